The number of halogens is 1. The number of Topliss-reactive ketones (excluding diaryl/α,β-unsaturated/α-hetero) is 1. The molecule has 0 saturated heterocycles. The Hall–Kier alpha value is -1.02. The third-order valence-electron chi connectivity index (χ3n) is 3.57. The molecule has 1 unspecified atom stereocenters. The lowest BCUT2D eigenvalue weighted by molar-refractivity contribution is 0.101. The van der Waals surface area contributed by atoms with E-state index in [0.717, 1.165) is 5.69 Å². The number of benzene rings is 1. The molecule has 0 aliphatic carbocycles. The molecule has 0 amide bonds. The SMILES string of the molecule is CC(=O)c1ccc(N(C)C(C)C(C)(C)C)c(Cl)c1. The molecule has 0 radical (unpaired) electrons. The lowest BCUT2D eigenvalue weighted by Gasteiger charge is -2.37. The monoisotopic (exact) mass is 267 g/mol. The van der Waals surface area contributed by atoms with E-state index in [-0.39, 0.29) is 11.2 Å². The second-order valence-electron chi connectivity index (χ2n) is 5.88. The summed E-state index contributed by atoms with van der Waals surface area (Å²) in [4.78, 5) is 13.5. The Bertz CT molecular complexity index is 448. The van der Waals surface area contributed by atoms with Gasteiger partial charge in [-0.3, -0.25) is 4.79 Å². The molecule has 0 bridgehead atoms. The molecule has 1 rings (SSSR count). The van der Waals surface area contributed by atoms with E-state index in [4.69, 9.17) is 11.6 Å². The van der Waals surface area contributed by atoms with Gasteiger partial charge in [0.05, 0.1) is 10.7 Å². The highest BCUT2D eigenvalue weighted by Gasteiger charge is 2.25. The topological polar surface area (TPSA) is 20.3 Å². The van der Waals surface area contributed by atoms with Crippen molar-refractivity contribution in [2.45, 2.75) is 40.7 Å². The summed E-state index contributed by atoms with van der Waals surface area (Å²) in [6.07, 6.45) is 0. The van der Waals surface area contributed by atoms with Crippen molar-refractivity contribution in [3.8, 4) is 0 Å². The van der Waals surface area contributed by atoms with Gasteiger partial charge in [0.1, 0.15) is 0 Å². The number of nitrogens with zero attached hydrogens (tertiary/aromatic N) is 1. The van der Waals surface area contributed by atoms with Gasteiger partial charge in [-0.2, -0.15) is 0 Å². The molecule has 1 aromatic rings. The van der Waals surface area contributed by atoms with E-state index in [1.165, 1.54) is 0 Å². The Balaban J connectivity index is 3.08. The fraction of sp³-hybridized carbons (Fsp3) is 0.533. The van der Waals surface area contributed by atoms with Crippen LogP contribution in [0.3, 0.4) is 0 Å². The van der Waals surface area contributed by atoms with Crippen molar-refractivity contribution in [3.05, 3.63) is 28.8 Å². The fourth-order valence-electron chi connectivity index (χ4n) is 1.80. The zero-order chi connectivity index (χ0) is 14.1. The van der Waals surface area contributed by atoms with Crippen molar-refractivity contribution in [3.63, 3.8) is 0 Å². The fourth-order valence-corrected chi connectivity index (χ4v) is 2.12. The van der Waals surface area contributed by atoms with Crippen LogP contribution in [0.2, 0.25) is 5.02 Å². The van der Waals surface area contributed by atoms with Gasteiger partial charge >= 0.3 is 0 Å². The summed E-state index contributed by atoms with van der Waals surface area (Å²) in [5, 5.41) is 0.626. The van der Waals surface area contributed by atoms with E-state index in [2.05, 4.69) is 32.6 Å². The van der Waals surface area contributed by atoms with Crippen LogP contribution in [-0.4, -0.2) is 18.9 Å². The van der Waals surface area contributed by atoms with Gasteiger partial charge in [0.15, 0.2) is 5.78 Å². The van der Waals surface area contributed by atoms with Crippen molar-refractivity contribution in [2.75, 3.05) is 11.9 Å². The minimum Gasteiger partial charge on any atom is -0.370 e. The number of carbonyl (C=O) groups is 1. The van der Waals surface area contributed by atoms with Gasteiger partial charge in [-0.05, 0) is 37.5 Å². The molecular formula is C15H22ClNO. The van der Waals surface area contributed by atoms with Crippen LogP contribution in [0.4, 0.5) is 5.69 Å². The highest BCUT2D eigenvalue weighted by Crippen LogP contribution is 2.32. The zero-order valence-corrected chi connectivity index (χ0v) is 12.8. The summed E-state index contributed by atoms with van der Waals surface area (Å²) in [5.41, 5.74) is 1.78. The maximum absolute atomic E-state index is 11.3. The predicted molar refractivity (Wildman–Crippen MR) is 78.8 cm³/mol. The summed E-state index contributed by atoms with van der Waals surface area (Å²) >= 11 is 6.27. The van der Waals surface area contributed by atoms with Crippen LogP contribution in [0, 0.1) is 5.41 Å². The van der Waals surface area contributed by atoms with E-state index < -0.39 is 0 Å². The summed E-state index contributed by atoms with van der Waals surface area (Å²) in [7, 11) is 2.03. The average Bonchev–Trinajstić information content (AvgIpc) is 2.25. The van der Waals surface area contributed by atoms with Gasteiger partial charge in [-0.15, -0.1) is 0 Å². The van der Waals surface area contributed by atoms with Crippen LogP contribution < -0.4 is 4.90 Å². The molecule has 0 saturated carbocycles. The first-order chi connectivity index (χ1) is 8.14. The van der Waals surface area contributed by atoms with E-state index in [9.17, 15) is 4.79 Å². The molecule has 0 aliphatic heterocycles. The molecule has 1 atom stereocenters. The van der Waals surface area contributed by atoms with Crippen LogP contribution in [0.25, 0.3) is 0 Å². The van der Waals surface area contributed by atoms with Crippen molar-refractivity contribution in [1.29, 1.82) is 0 Å². The van der Waals surface area contributed by atoms with Gasteiger partial charge in [0, 0.05) is 18.7 Å². The van der Waals surface area contributed by atoms with Gasteiger partial charge in [0.25, 0.3) is 0 Å². The largest absolute Gasteiger partial charge is 0.370 e. The molecule has 0 N–H and O–H groups in total. The molecule has 0 aliphatic rings. The van der Waals surface area contributed by atoms with Gasteiger partial charge in [-0.1, -0.05) is 32.4 Å². The molecule has 100 valence electrons. The van der Waals surface area contributed by atoms with Gasteiger partial charge < -0.3 is 4.90 Å². The average molecular weight is 268 g/mol. The Morgan fingerprint density at radius 2 is 1.89 bits per heavy atom. The first-order valence-electron chi connectivity index (χ1n) is 6.18. The summed E-state index contributed by atoms with van der Waals surface area (Å²) in [5.74, 6) is 0.0370. The number of hydrogen-bond acceptors (Lipinski definition) is 2. The Labute approximate surface area is 115 Å². The number of carbonyl (C=O) groups excluding carboxylic acids is 1. The molecule has 18 heavy (non-hydrogen) atoms. The lowest BCUT2D eigenvalue weighted by Crippen LogP contribution is -2.39. The highest BCUT2D eigenvalue weighted by atomic mass is 35.5. The second kappa shape index (κ2) is 5.31. The zero-order valence-electron chi connectivity index (χ0n) is 12.0. The summed E-state index contributed by atoms with van der Waals surface area (Å²) in [6.45, 7) is 10.3. The third-order valence-corrected chi connectivity index (χ3v) is 3.87. The maximum atomic E-state index is 11.3. The Kier molecular flexibility index (Phi) is 4.44. The molecule has 0 fully saturated rings. The normalized spacial score (nSPS) is 13.3. The number of anilines is 1. The Morgan fingerprint density at radius 1 is 1.33 bits per heavy atom. The van der Waals surface area contributed by atoms with Crippen molar-refractivity contribution < 1.29 is 4.79 Å². The second-order valence-corrected chi connectivity index (χ2v) is 6.28. The van der Waals surface area contributed by atoms with Crippen molar-refractivity contribution in [1.82, 2.24) is 0 Å². The predicted octanol–water partition coefficient (Wildman–Crippen LogP) is 4.41. The van der Waals surface area contributed by atoms with E-state index in [1.54, 1.807) is 13.0 Å². The van der Waals surface area contributed by atoms with Crippen LogP contribution in [0.5, 0.6) is 0 Å². The highest BCUT2D eigenvalue weighted by molar-refractivity contribution is 6.33. The first kappa shape index (κ1) is 15.0. The molecular weight excluding hydrogens is 246 g/mol. The number of rotatable bonds is 3. The van der Waals surface area contributed by atoms with Crippen LogP contribution in [0.1, 0.15) is 45.0 Å². The number of ketones is 1. The smallest absolute Gasteiger partial charge is 0.159 e. The van der Waals surface area contributed by atoms with Gasteiger partial charge in [-0.25, -0.2) is 0 Å². The molecule has 0 heterocycles. The quantitative estimate of drug-likeness (QED) is 0.756. The standard InChI is InChI=1S/C15H22ClNO/c1-10(18)12-7-8-14(13(16)9-12)17(6)11(2)15(3,4)5/h7-9,11H,1-6H3. The Morgan fingerprint density at radius 3 is 2.28 bits per heavy atom. The minimum atomic E-state index is 0.0370. The maximum Gasteiger partial charge on any atom is 0.159 e. The molecule has 0 aromatic heterocycles. The van der Waals surface area contributed by atoms with E-state index in [0.29, 0.717) is 16.6 Å². The lowest BCUT2D eigenvalue weighted by atomic mass is 9.87. The molecule has 0 spiro atoms. The van der Waals surface area contributed by atoms with E-state index in [1.807, 2.05) is 19.2 Å². The minimum absolute atomic E-state index is 0.0370. The molecule has 2 nitrogen and oxygen atoms in total. The first-order valence-corrected chi connectivity index (χ1v) is 6.55. The van der Waals surface area contributed by atoms with Crippen LogP contribution in [-0.2, 0) is 0 Å². The summed E-state index contributed by atoms with van der Waals surface area (Å²) < 4.78 is 0. The molecule has 3 heteroatoms. The number of hydrogen-bond donors (Lipinski definition) is 0. The van der Waals surface area contributed by atoms with Gasteiger partial charge in [0.2, 0.25) is 0 Å². The van der Waals surface area contributed by atoms with Crippen LogP contribution in [0.15, 0.2) is 18.2 Å². The van der Waals surface area contributed by atoms with Crippen LogP contribution >= 0.6 is 11.6 Å². The van der Waals surface area contributed by atoms with Crippen molar-refractivity contribution in [2.24, 2.45) is 5.41 Å². The third kappa shape index (κ3) is 3.26. The van der Waals surface area contributed by atoms with E-state index >= 15 is 0 Å². The molecule has 1 aromatic carbocycles. The van der Waals surface area contributed by atoms with Crippen molar-refractivity contribution >= 4 is 23.1 Å². The summed E-state index contributed by atoms with van der Waals surface area (Å²) in [6, 6.07) is 5.83.